The fraction of sp³-hybridized carbons (Fsp3) is 0.148. The van der Waals surface area contributed by atoms with Crippen LogP contribution in [0.3, 0.4) is 0 Å². The second-order valence-corrected chi connectivity index (χ2v) is 10.1. The summed E-state index contributed by atoms with van der Waals surface area (Å²) in [5.41, 5.74) is 2.04. The molecule has 39 heavy (non-hydrogen) atoms. The molecule has 0 aliphatic rings. The zero-order chi connectivity index (χ0) is 27.9. The molecule has 0 radical (unpaired) electrons. The summed E-state index contributed by atoms with van der Waals surface area (Å²) in [5, 5.41) is 18.6. The van der Waals surface area contributed by atoms with Crippen LogP contribution in [0.5, 0.6) is 23.0 Å². The number of nitrogens with zero attached hydrogens (tertiary/aromatic N) is 2. The Morgan fingerprint density at radius 1 is 1.03 bits per heavy atom. The number of carboxylic acids is 1. The molecule has 0 aliphatic carbocycles. The predicted molar refractivity (Wildman–Crippen MR) is 151 cm³/mol. The van der Waals surface area contributed by atoms with Gasteiger partial charge in [-0.2, -0.15) is 0 Å². The molecule has 0 atom stereocenters. The lowest BCUT2D eigenvalue weighted by Gasteiger charge is -2.14. The SMILES string of the molecule is COc1cc(OC)cc(-c2nnc(S/C(=C\c3cc(Br)c(OCc4ccc(Cl)cc4)c(OC)c3)C(=O)O)o2)c1. The molecule has 0 saturated carbocycles. The van der Waals surface area contributed by atoms with Crippen LogP contribution in [0.1, 0.15) is 11.1 Å². The molecule has 0 spiro atoms. The number of thioether (sulfide) groups is 1. The summed E-state index contributed by atoms with van der Waals surface area (Å²) in [6.07, 6.45) is 1.47. The number of carboxylic acid groups (broad SMARTS) is 1. The van der Waals surface area contributed by atoms with Gasteiger partial charge < -0.3 is 28.5 Å². The highest BCUT2D eigenvalue weighted by Gasteiger charge is 2.18. The Hall–Kier alpha value is -3.67. The van der Waals surface area contributed by atoms with Crippen molar-refractivity contribution < 1.29 is 33.3 Å². The minimum absolute atomic E-state index is 0.0443. The second kappa shape index (κ2) is 12.9. The van der Waals surface area contributed by atoms with Crippen molar-refractivity contribution in [3.05, 3.63) is 80.1 Å². The van der Waals surface area contributed by atoms with Crippen LogP contribution in [0.2, 0.25) is 5.02 Å². The quantitative estimate of drug-likeness (QED) is 0.137. The Morgan fingerprint density at radius 2 is 1.72 bits per heavy atom. The maximum atomic E-state index is 12.1. The molecule has 1 N–H and O–H groups in total. The standard InChI is InChI=1S/C27H22BrClN2O7S/c1-34-19-11-17(12-20(13-19)35-2)25-30-31-27(38-25)39-23(26(32)33)10-16-8-21(28)24(22(9-16)36-3)37-14-15-4-6-18(29)7-5-15/h4-13H,14H2,1-3H3,(H,32,33)/b23-10-. The van der Waals surface area contributed by atoms with Crippen molar-refractivity contribution in [1.29, 1.82) is 0 Å². The number of aliphatic carboxylic acids is 1. The van der Waals surface area contributed by atoms with Gasteiger partial charge in [0.2, 0.25) is 5.89 Å². The number of hydrogen-bond donors (Lipinski definition) is 1. The number of methoxy groups -OCH3 is 3. The van der Waals surface area contributed by atoms with Gasteiger partial charge in [-0.3, -0.25) is 0 Å². The third-order valence-electron chi connectivity index (χ3n) is 5.26. The topological polar surface area (TPSA) is 113 Å². The zero-order valence-corrected chi connectivity index (χ0v) is 24.1. The molecule has 12 heteroatoms. The van der Waals surface area contributed by atoms with Crippen molar-refractivity contribution in [2.75, 3.05) is 21.3 Å². The Kier molecular flexibility index (Phi) is 9.39. The van der Waals surface area contributed by atoms with Gasteiger partial charge in [-0.05, 0) is 81.3 Å². The molecule has 202 valence electrons. The Morgan fingerprint density at radius 3 is 2.33 bits per heavy atom. The van der Waals surface area contributed by atoms with Gasteiger partial charge in [-0.25, -0.2) is 4.79 Å². The maximum absolute atomic E-state index is 12.1. The molecule has 9 nitrogen and oxygen atoms in total. The molecule has 1 aromatic heterocycles. The first kappa shape index (κ1) is 28.3. The van der Waals surface area contributed by atoms with Crippen molar-refractivity contribution in [2.45, 2.75) is 11.8 Å². The molecule has 0 saturated heterocycles. The molecule has 4 rings (SSSR count). The predicted octanol–water partition coefficient (Wildman–Crippen LogP) is 6.98. The first-order chi connectivity index (χ1) is 18.8. The van der Waals surface area contributed by atoms with Gasteiger partial charge in [-0.1, -0.05) is 23.7 Å². The summed E-state index contributed by atoms with van der Waals surface area (Å²) >= 11 is 10.3. The molecule has 0 aliphatic heterocycles. The second-order valence-electron chi connectivity index (χ2n) is 7.84. The van der Waals surface area contributed by atoms with Gasteiger partial charge >= 0.3 is 5.97 Å². The fourth-order valence-electron chi connectivity index (χ4n) is 3.38. The van der Waals surface area contributed by atoms with E-state index in [0.717, 1.165) is 17.3 Å². The molecule has 0 fully saturated rings. The molecule has 3 aromatic carbocycles. The van der Waals surface area contributed by atoms with Crippen LogP contribution in [0.4, 0.5) is 0 Å². The van der Waals surface area contributed by atoms with E-state index in [4.69, 9.17) is 35.0 Å². The molecular weight excluding hydrogens is 612 g/mol. The Balaban J connectivity index is 1.56. The lowest BCUT2D eigenvalue weighted by Crippen LogP contribution is -2.00. The van der Waals surface area contributed by atoms with E-state index in [0.29, 0.717) is 43.6 Å². The third kappa shape index (κ3) is 7.25. The van der Waals surface area contributed by atoms with Gasteiger partial charge in [-0.15, -0.1) is 10.2 Å². The van der Waals surface area contributed by atoms with Crippen LogP contribution in [-0.4, -0.2) is 42.6 Å². The number of aromatic nitrogens is 2. The minimum Gasteiger partial charge on any atom is -0.497 e. The van der Waals surface area contributed by atoms with E-state index < -0.39 is 5.97 Å². The number of carbonyl (C=O) groups is 1. The Bertz CT molecular complexity index is 1490. The average Bonchev–Trinajstić information content (AvgIpc) is 3.41. The van der Waals surface area contributed by atoms with E-state index in [2.05, 4.69) is 26.1 Å². The number of ether oxygens (including phenoxy) is 4. The van der Waals surface area contributed by atoms with Crippen molar-refractivity contribution in [2.24, 2.45) is 0 Å². The molecule has 0 bridgehead atoms. The van der Waals surface area contributed by atoms with Gasteiger partial charge in [0.05, 0.1) is 25.8 Å². The first-order valence-corrected chi connectivity index (χ1v) is 13.2. The number of halogens is 2. The molecule has 0 unspecified atom stereocenters. The normalized spacial score (nSPS) is 11.3. The van der Waals surface area contributed by atoms with Crippen molar-refractivity contribution in [3.63, 3.8) is 0 Å². The summed E-state index contributed by atoms with van der Waals surface area (Å²) in [7, 11) is 4.57. The van der Waals surface area contributed by atoms with Crippen molar-refractivity contribution in [1.82, 2.24) is 10.2 Å². The minimum atomic E-state index is -1.17. The highest BCUT2D eigenvalue weighted by Crippen LogP contribution is 2.39. The molecular formula is C27H22BrClN2O7S. The highest BCUT2D eigenvalue weighted by atomic mass is 79.9. The van der Waals surface area contributed by atoms with Crippen molar-refractivity contribution in [3.8, 4) is 34.5 Å². The lowest BCUT2D eigenvalue weighted by atomic mass is 10.2. The Labute approximate surface area is 241 Å². The number of benzene rings is 3. The first-order valence-electron chi connectivity index (χ1n) is 11.2. The average molecular weight is 634 g/mol. The van der Waals surface area contributed by atoms with E-state index >= 15 is 0 Å². The van der Waals surface area contributed by atoms with Crippen molar-refractivity contribution >= 4 is 51.3 Å². The zero-order valence-electron chi connectivity index (χ0n) is 20.9. The monoisotopic (exact) mass is 632 g/mol. The highest BCUT2D eigenvalue weighted by molar-refractivity contribution is 9.10. The largest absolute Gasteiger partial charge is 0.497 e. The molecule has 0 amide bonds. The van der Waals surface area contributed by atoms with Gasteiger partial charge in [0, 0.05) is 16.7 Å². The van der Waals surface area contributed by atoms with E-state index in [-0.39, 0.29) is 22.6 Å². The fourth-order valence-corrected chi connectivity index (χ4v) is 4.75. The number of hydrogen-bond acceptors (Lipinski definition) is 9. The van der Waals surface area contributed by atoms with E-state index in [1.807, 2.05) is 12.1 Å². The molecule has 1 heterocycles. The van der Waals surface area contributed by atoms with Crippen LogP contribution in [0, 0.1) is 0 Å². The maximum Gasteiger partial charge on any atom is 0.342 e. The van der Waals surface area contributed by atoms with Gasteiger partial charge in [0.15, 0.2) is 11.5 Å². The van der Waals surface area contributed by atoms with Gasteiger partial charge in [0.1, 0.15) is 23.0 Å². The van der Waals surface area contributed by atoms with Crippen LogP contribution < -0.4 is 18.9 Å². The van der Waals surface area contributed by atoms with Crippen LogP contribution in [-0.2, 0) is 11.4 Å². The van der Waals surface area contributed by atoms with Crippen LogP contribution >= 0.6 is 39.3 Å². The summed E-state index contributed by atoms with van der Waals surface area (Å²) in [5.74, 6) is 1.01. The summed E-state index contributed by atoms with van der Waals surface area (Å²) < 4.78 is 28.3. The summed E-state index contributed by atoms with van der Waals surface area (Å²) in [4.78, 5) is 12.0. The smallest absolute Gasteiger partial charge is 0.342 e. The lowest BCUT2D eigenvalue weighted by molar-refractivity contribution is -0.131. The van der Waals surface area contributed by atoms with E-state index in [1.165, 1.54) is 27.4 Å². The third-order valence-corrected chi connectivity index (χ3v) is 6.95. The van der Waals surface area contributed by atoms with Gasteiger partial charge in [0.25, 0.3) is 5.22 Å². The van der Waals surface area contributed by atoms with E-state index in [9.17, 15) is 9.90 Å². The number of rotatable bonds is 11. The summed E-state index contributed by atoms with van der Waals surface area (Å²) in [6.45, 7) is 0.288. The van der Waals surface area contributed by atoms with Crippen LogP contribution in [0.25, 0.3) is 17.5 Å². The van der Waals surface area contributed by atoms with E-state index in [1.54, 1.807) is 42.5 Å². The summed E-state index contributed by atoms with van der Waals surface area (Å²) in [6, 6.07) is 15.8. The molecule has 4 aromatic rings. The van der Waals surface area contributed by atoms with Crippen LogP contribution in [0.15, 0.2) is 73.6 Å².